The van der Waals surface area contributed by atoms with E-state index in [-0.39, 0.29) is 10.8 Å². The van der Waals surface area contributed by atoms with Crippen LogP contribution in [0.2, 0.25) is 0 Å². The highest BCUT2D eigenvalue weighted by Gasteiger charge is 2.32. The number of nitrogens with zero attached hydrogens (tertiary/aromatic N) is 2. The van der Waals surface area contributed by atoms with Crippen LogP contribution in [0, 0.1) is 18.8 Å². The third-order valence-corrected chi connectivity index (χ3v) is 7.07. The topological polar surface area (TPSA) is 79.4 Å². The minimum absolute atomic E-state index is 0.154. The summed E-state index contributed by atoms with van der Waals surface area (Å²) in [5.41, 5.74) is 0.303. The van der Waals surface area contributed by atoms with Gasteiger partial charge in [0.25, 0.3) is 5.91 Å². The van der Waals surface area contributed by atoms with Crippen molar-refractivity contribution in [1.29, 1.82) is 0 Å². The molecule has 1 fully saturated rings. The van der Waals surface area contributed by atoms with Crippen molar-refractivity contribution in [2.45, 2.75) is 32.1 Å². The summed E-state index contributed by atoms with van der Waals surface area (Å²) in [6.45, 7) is 7.07. The van der Waals surface area contributed by atoms with Gasteiger partial charge in [0, 0.05) is 29.7 Å². The molecule has 2 atom stereocenters. The Morgan fingerprint density at radius 1 is 1.27 bits per heavy atom. The van der Waals surface area contributed by atoms with Gasteiger partial charge in [0.05, 0.1) is 4.90 Å². The lowest BCUT2D eigenvalue weighted by Gasteiger charge is -2.34. The van der Waals surface area contributed by atoms with E-state index in [0.29, 0.717) is 35.6 Å². The molecule has 6 nitrogen and oxygen atoms in total. The van der Waals surface area contributed by atoms with Gasteiger partial charge >= 0.3 is 0 Å². The Morgan fingerprint density at radius 2 is 1.96 bits per heavy atom. The molecule has 2 aromatic rings. The predicted molar refractivity (Wildman–Crippen MR) is 103 cm³/mol. The first kappa shape index (κ1) is 19.0. The molecule has 1 aliphatic rings. The number of carbonyl (C=O) groups is 1. The molecule has 1 amide bonds. The quantitative estimate of drug-likeness (QED) is 0.864. The Hall–Kier alpha value is -1.77. The molecule has 0 saturated carbocycles. The second kappa shape index (κ2) is 7.46. The average Bonchev–Trinajstić information content (AvgIpc) is 2.99. The van der Waals surface area contributed by atoms with Gasteiger partial charge in [-0.2, -0.15) is 4.31 Å². The van der Waals surface area contributed by atoms with E-state index in [0.717, 1.165) is 11.3 Å². The van der Waals surface area contributed by atoms with E-state index < -0.39 is 10.0 Å². The number of hydrogen-bond acceptors (Lipinski definition) is 5. The Balaban J connectivity index is 1.82. The molecule has 0 radical (unpaired) electrons. The van der Waals surface area contributed by atoms with E-state index >= 15 is 0 Å². The molecule has 2 unspecified atom stereocenters. The first-order valence-corrected chi connectivity index (χ1v) is 10.9. The molecule has 26 heavy (non-hydrogen) atoms. The molecule has 1 saturated heterocycles. The van der Waals surface area contributed by atoms with Crippen LogP contribution in [0.4, 0.5) is 5.13 Å². The van der Waals surface area contributed by atoms with Crippen LogP contribution < -0.4 is 5.32 Å². The minimum Gasteiger partial charge on any atom is -0.298 e. The number of nitrogens with one attached hydrogen (secondary N) is 1. The number of piperidine rings is 1. The lowest BCUT2D eigenvalue weighted by molar-refractivity contribution is 0.102. The third-order valence-electron chi connectivity index (χ3n) is 4.41. The number of sulfonamides is 1. The van der Waals surface area contributed by atoms with Crippen molar-refractivity contribution in [3.63, 3.8) is 0 Å². The maximum Gasteiger partial charge on any atom is 0.257 e. The summed E-state index contributed by atoms with van der Waals surface area (Å²) in [4.78, 5) is 17.7. The number of aryl methyl sites for hydroxylation is 1. The zero-order valence-corrected chi connectivity index (χ0v) is 16.7. The van der Waals surface area contributed by atoms with Crippen LogP contribution in [0.25, 0.3) is 0 Å². The van der Waals surface area contributed by atoms with Crippen LogP contribution in [0.1, 0.15) is 35.5 Å². The van der Waals surface area contributed by atoms with Crippen molar-refractivity contribution >= 4 is 32.4 Å². The summed E-state index contributed by atoms with van der Waals surface area (Å²) >= 11 is 1.37. The van der Waals surface area contributed by atoms with E-state index in [4.69, 9.17) is 0 Å². The maximum atomic E-state index is 13.0. The number of benzene rings is 1. The fraction of sp³-hybridized carbons (Fsp3) is 0.444. The van der Waals surface area contributed by atoms with Gasteiger partial charge in [-0.1, -0.05) is 19.9 Å². The van der Waals surface area contributed by atoms with Crippen molar-refractivity contribution in [2.75, 3.05) is 18.4 Å². The molecule has 140 valence electrons. The van der Waals surface area contributed by atoms with Crippen LogP contribution in [-0.4, -0.2) is 36.7 Å². The van der Waals surface area contributed by atoms with Gasteiger partial charge in [-0.05, 0) is 43.4 Å². The second-order valence-electron chi connectivity index (χ2n) is 7.03. The molecule has 1 aliphatic heterocycles. The average molecular weight is 394 g/mol. The number of hydrogen-bond donors (Lipinski definition) is 1. The number of carbonyl (C=O) groups excluding carboxylic acids is 1. The molecule has 1 N–H and O–H groups in total. The highest BCUT2D eigenvalue weighted by molar-refractivity contribution is 7.89. The predicted octanol–water partition coefficient (Wildman–Crippen LogP) is 3.37. The number of rotatable bonds is 4. The first-order valence-electron chi connectivity index (χ1n) is 8.59. The van der Waals surface area contributed by atoms with E-state index in [1.165, 1.54) is 21.7 Å². The SMILES string of the molecule is Cc1cnc(NC(=O)c2cccc(S(=O)(=O)N3CC(C)CC(C)C3)c2)s1. The fourth-order valence-corrected chi connectivity index (χ4v) is 5.72. The second-order valence-corrected chi connectivity index (χ2v) is 10.2. The van der Waals surface area contributed by atoms with Crippen molar-refractivity contribution in [3.05, 3.63) is 40.9 Å². The van der Waals surface area contributed by atoms with Gasteiger partial charge in [0.15, 0.2) is 5.13 Å². The molecule has 0 aliphatic carbocycles. The van der Waals surface area contributed by atoms with Crippen LogP contribution >= 0.6 is 11.3 Å². The van der Waals surface area contributed by atoms with E-state index in [2.05, 4.69) is 24.1 Å². The Bertz CT molecular complexity index is 898. The van der Waals surface area contributed by atoms with Gasteiger partial charge in [-0.25, -0.2) is 13.4 Å². The third kappa shape index (κ3) is 4.13. The van der Waals surface area contributed by atoms with E-state index in [1.807, 2.05) is 6.92 Å². The molecule has 3 rings (SSSR count). The first-order chi connectivity index (χ1) is 12.3. The summed E-state index contributed by atoms with van der Waals surface area (Å²) in [6, 6.07) is 6.20. The van der Waals surface area contributed by atoms with E-state index in [9.17, 15) is 13.2 Å². The lowest BCUT2D eigenvalue weighted by atomic mass is 9.94. The molecule has 8 heteroatoms. The number of thiazole rings is 1. The van der Waals surface area contributed by atoms with Gasteiger partial charge < -0.3 is 0 Å². The Morgan fingerprint density at radius 3 is 2.58 bits per heavy atom. The smallest absolute Gasteiger partial charge is 0.257 e. The van der Waals surface area contributed by atoms with Gasteiger partial charge in [0.1, 0.15) is 0 Å². The molecular weight excluding hydrogens is 370 g/mol. The highest BCUT2D eigenvalue weighted by atomic mass is 32.2. The van der Waals surface area contributed by atoms with Crippen molar-refractivity contribution in [2.24, 2.45) is 11.8 Å². The van der Waals surface area contributed by atoms with Crippen molar-refractivity contribution < 1.29 is 13.2 Å². The number of aromatic nitrogens is 1. The van der Waals surface area contributed by atoms with Crippen molar-refractivity contribution in [1.82, 2.24) is 9.29 Å². The van der Waals surface area contributed by atoms with Crippen LogP contribution in [0.15, 0.2) is 35.4 Å². The summed E-state index contributed by atoms with van der Waals surface area (Å²) in [5.74, 6) is 0.290. The van der Waals surface area contributed by atoms with Gasteiger partial charge in [-0.3, -0.25) is 10.1 Å². The standard InChI is InChI=1S/C18H23N3O3S2/c1-12-7-13(2)11-21(10-12)26(23,24)16-6-4-5-15(8-16)17(22)20-18-19-9-14(3)25-18/h4-6,8-9,12-13H,7,10-11H2,1-3H3,(H,19,20,22). The zero-order valence-electron chi connectivity index (χ0n) is 15.1. The number of amides is 1. The van der Waals surface area contributed by atoms with Crippen LogP contribution in [-0.2, 0) is 10.0 Å². The molecule has 0 bridgehead atoms. The monoisotopic (exact) mass is 393 g/mol. The zero-order chi connectivity index (χ0) is 18.9. The molecule has 1 aromatic heterocycles. The largest absolute Gasteiger partial charge is 0.298 e. The summed E-state index contributed by atoms with van der Waals surface area (Å²) in [5, 5.41) is 3.21. The lowest BCUT2D eigenvalue weighted by Crippen LogP contribution is -2.42. The molecule has 2 heterocycles. The summed E-state index contributed by atoms with van der Waals surface area (Å²) in [7, 11) is -3.61. The highest BCUT2D eigenvalue weighted by Crippen LogP contribution is 2.27. The maximum absolute atomic E-state index is 13.0. The van der Waals surface area contributed by atoms with Crippen LogP contribution in [0.3, 0.4) is 0 Å². The molecule has 1 aromatic carbocycles. The Kier molecular flexibility index (Phi) is 5.45. The van der Waals surface area contributed by atoms with Gasteiger partial charge in [-0.15, -0.1) is 11.3 Å². The Labute approximate surface area is 158 Å². The molecular formula is C18H23N3O3S2. The summed E-state index contributed by atoms with van der Waals surface area (Å²) in [6.07, 6.45) is 2.71. The number of anilines is 1. The fourth-order valence-electron chi connectivity index (χ4n) is 3.33. The minimum atomic E-state index is -3.61. The van der Waals surface area contributed by atoms with E-state index in [1.54, 1.807) is 24.4 Å². The molecule has 0 spiro atoms. The van der Waals surface area contributed by atoms with Gasteiger partial charge in [0.2, 0.25) is 10.0 Å². The van der Waals surface area contributed by atoms with Crippen molar-refractivity contribution in [3.8, 4) is 0 Å². The summed E-state index contributed by atoms with van der Waals surface area (Å²) < 4.78 is 27.5. The van der Waals surface area contributed by atoms with Crippen LogP contribution in [0.5, 0.6) is 0 Å². The normalized spacial score (nSPS) is 21.5.